The monoisotopic (exact) mass is 239 g/mol. The van der Waals surface area contributed by atoms with Crippen molar-refractivity contribution in [1.82, 2.24) is 15.3 Å². The van der Waals surface area contributed by atoms with E-state index in [1.54, 1.807) is 6.20 Å². The number of aryl methyl sites for hydroxylation is 1. The molecule has 1 rings (SSSR count). The average molecular weight is 239 g/mol. The molecule has 0 atom stereocenters. The van der Waals surface area contributed by atoms with Crippen LogP contribution in [0.2, 0.25) is 0 Å². The number of aromatic nitrogens is 2. The predicted molar refractivity (Wildman–Crippen MR) is 65.5 cm³/mol. The second-order valence-corrected chi connectivity index (χ2v) is 4.05. The van der Waals surface area contributed by atoms with Crippen LogP contribution in [0.3, 0.4) is 0 Å². The molecule has 5 nitrogen and oxygen atoms in total. The van der Waals surface area contributed by atoms with Gasteiger partial charge < -0.3 is 15.0 Å². The lowest BCUT2D eigenvalue weighted by atomic mass is 10.3. The molecule has 1 amide bonds. The molecule has 96 valence electrons. The van der Waals surface area contributed by atoms with Crippen molar-refractivity contribution >= 4 is 5.91 Å². The van der Waals surface area contributed by atoms with Crippen molar-refractivity contribution in [3.05, 3.63) is 17.7 Å². The van der Waals surface area contributed by atoms with Crippen LogP contribution in [0.25, 0.3) is 0 Å². The van der Waals surface area contributed by atoms with Crippen LogP contribution in [0, 0.1) is 6.92 Å². The molecule has 1 aromatic heterocycles. The molecule has 0 aromatic carbocycles. The van der Waals surface area contributed by atoms with E-state index in [1.165, 1.54) is 0 Å². The first-order valence-corrected chi connectivity index (χ1v) is 6.07. The van der Waals surface area contributed by atoms with Crippen LogP contribution in [0.15, 0.2) is 6.20 Å². The molecule has 0 unspecified atom stereocenters. The molecular weight excluding hydrogens is 218 g/mol. The van der Waals surface area contributed by atoms with Gasteiger partial charge in [-0.05, 0) is 13.3 Å². The van der Waals surface area contributed by atoms with E-state index in [0.717, 1.165) is 30.8 Å². The summed E-state index contributed by atoms with van der Waals surface area (Å²) in [4.78, 5) is 18.5. The van der Waals surface area contributed by atoms with Gasteiger partial charge in [0.2, 0.25) is 5.91 Å². The molecule has 1 aromatic rings. The first-order valence-electron chi connectivity index (χ1n) is 6.07. The molecule has 0 bridgehead atoms. The molecule has 5 heteroatoms. The lowest BCUT2D eigenvalue weighted by molar-refractivity contribution is -0.125. The van der Waals surface area contributed by atoms with Gasteiger partial charge in [-0.25, -0.2) is 4.98 Å². The zero-order valence-electron chi connectivity index (χ0n) is 10.6. The summed E-state index contributed by atoms with van der Waals surface area (Å²) in [5.74, 6) is 0.664. The van der Waals surface area contributed by atoms with Gasteiger partial charge in [-0.2, -0.15) is 0 Å². The lowest BCUT2D eigenvalue weighted by Crippen LogP contribution is -2.27. The van der Waals surface area contributed by atoms with Gasteiger partial charge in [-0.3, -0.25) is 4.79 Å². The summed E-state index contributed by atoms with van der Waals surface area (Å²) in [5, 5.41) is 2.75. The third-order valence-electron chi connectivity index (χ3n) is 2.33. The highest BCUT2D eigenvalue weighted by atomic mass is 16.5. The number of unbranched alkanes of at least 4 members (excludes halogenated alkanes) is 2. The molecule has 0 radical (unpaired) electrons. The summed E-state index contributed by atoms with van der Waals surface area (Å²) < 4.78 is 5.25. The number of carbonyl (C=O) groups is 1. The fraction of sp³-hybridized carbons (Fsp3) is 0.667. The molecule has 0 aliphatic heterocycles. The number of ether oxygens (including phenoxy) is 1. The smallest absolute Gasteiger partial charge is 0.246 e. The summed E-state index contributed by atoms with van der Waals surface area (Å²) in [6, 6.07) is 0. The molecule has 0 aliphatic rings. The van der Waals surface area contributed by atoms with Crippen LogP contribution in [-0.2, 0) is 16.1 Å². The molecule has 17 heavy (non-hydrogen) atoms. The quantitative estimate of drug-likeness (QED) is 0.676. The van der Waals surface area contributed by atoms with E-state index in [4.69, 9.17) is 4.74 Å². The Morgan fingerprint density at radius 1 is 1.53 bits per heavy atom. The summed E-state index contributed by atoms with van der Waals surface area (Å²) >= 11 is 0. The molecule has 0 aliphatic carbocycles. The van der Waals surface area contributed by atoms with Gasteiger partial charge >= 0.3 is 0 Å². The van der Waals surface area contributed by atoms with Gasteiger partial charge in [0.1, 0.15) is 12.4 Å². The van der Waals surface area contributed by atoms with Gasteiger partial charge in [0, 0.05) is 18.5 Å². The molecule has 0 fully saturated rings. The Kier molecular flexibility index (Phi) is 6.32. The van der Waals surface area contributed by atoms with Gasteiger partial charge in [-0.15, -0.1) is 0 Å². The van der Waals surface area contributed by atoms with Crippen LogP contribution in [0.1, 0.15) is 37.7 Å². The maximum Gasteiger partial charge on any atom is 0.246 e. The van der Waals surface area contributed by atoms with Gasteiger partial charge in [0.05, 0.1) is 6.54 Å². The Bertz CT molecular complexity index is 336. The fourth-order valence-electron chi connectivity index (χ4n) is 1.41. The number of hydrogen-bond donors (Lipinski definition) is 2. The van der Waals surface area contributed by atoms with Crippen LogP contribution in [-0.4, -0.2) is 29.1 Å². The number of aromatic amines is 1. The number of H-pyrrole nitrogens is 1. The zero-order chi connectivity index (χ0) is 12.5. The molecule has 0 saturated heterocycles. The SMILES string of the molecule is CCCCCOCC(=O)NCc1ncc(C)[nH]1. The lowest BCUT2D eigenvalue weighted by Gasteiger charge is -2.04. The van der Waals surface area contributed by atoms with Gasteiger partial charge in [-0.1, -0.05) is 19.8 Å². The second-order valence-electron chi connectivity index (χ2n) is 4.05. The number of amides is 1. The fourth-order valence-corrected chi connectivity index (χ4v) is 1.41. The van der Waals surface area contributed by atoms with Crippen LogP contribution < -0.4 is 5.32 Å². The minimum atomic E-state index is -0.101. The van der Waals surface area contributed by atoms with Crippen molar-refractivity contribution in [2.24, 2.45) is 0 Å². The van der Waals surface area contributed by atoms with Crippen LogP contribution in [0.4, 0.5) is 0 Å². The standard InChI is InChI=1S/C12H21N3O2/c1-3-4-5-6-17-9-12(16)14-8-11-13-7-10(2)15-11/h7H,3-6,8-9H2,1-2H3,(H,13,15)(H,14,16). The largest absolute Gasteiger partial charge is 0.372 e. The number of nitrogens with zero attached hydrogens (tertiary/aromatic N) is 1. The van der Waals surface area contributed by atoms with Crippen molar-refractivity contribution in [2.45, 2.75) is 39.7 Å². The van der Waals surface area contributed by atoms with E-state index < -0.39 is 0 Å². The Morgan fingerprint density at radius 3 is 3.00 bits per heavy atom. The minimum absolute atomic E-state index is 0.101. The van der Waals surface area contributed by atoms with Crippen molar-refractivity contribution in [2.75, 3.05) is 13.2 Å². The van der Waals surface area contributed by atoms with Crippen molar-refractivity contribution < 1.29 is 9.53 Å². The number of rotatable bonds is 8. The maximum atomic E-state index is 11.4. The summed E-state index contributed by atoms with van der Waals surface area (Å²) in [6.07, 6.45) is 5.06. The van der Waals surface area contributed by atoms with Crippen molar-refractivity contribution in [3.63, 3.8) is 0 Å². The van der Waals surface area contributed by atoms with Crippen LogP contribution in [0.5, 0.6) is 0 Å². The highest BCUT2D eigenvalue weighted by Gasteiger charge is 2.02. The summed E-state index contributed by atoms with van der Waals surface area (Å²) in [7, 11) is 0. The first-order chi connectivity index (χ1) is 8.22. The van der Waals surface area contributed by atoms with E-state index in [0.29, 0.717) is 13.2 Å². The highest BCUT2D eigenvalue weighted by Crippen LogP contribution is 1.95. The number of nitrogens with one attached hydrogen (secondary N) is 2. The third-order valence-corrected chi connectivity index (χ3v) is 2.33. The Balaban J connectivity index is 2.05. The Labute approximate surface area is 102 Å². The predicted octanol–water partition coefficient (Wildman–Crippen LogP) is 1.54. The number of imidazole rings is 1. The Hall–Kier alpha value is -1.36. The van der Waals surface area contributed by atoms with Crippen LogP contribution >= 0.6 is 0 Å². The number of carbonyl (C=O) groups excluding carboxylic acids is 1. The van der Waals surface area contributed by atoms with E-state index in [9.17, 15) is 4.79 Å². The van der Waals surface area contributed by atoms with Gasteiger partial charge in [0.25, 0.3) is 0 Å². The summed E-state index contributed by atoms with van der Waals surface area (Å²) in [5.41, 5.74) is 0.991. The molecular formula is C12H21N3O2. The van der Waals surface area contributed by atoms with E-state index in [-0.39, 0.29) is 12.5 Å². The first kappa shape index (κ1) is 13.7. The topological polar surface area (TPSA) is 67.0 Å². The third kappa shape index (κ3) is 6.06. The zero-order valence-corrected chi connectivity index (χ0v) is 10.6. The molecule has 2 N–H and O–H groups in total. The normalized spacial score (nSPS) is 10.5. The molecule has 1 heterocycles. The van der Waals surface area contributed by atoms with Crippen molar-refractivity contribution in [1.29, 1.82) is 0 Å². The highest BCUT2D eigenvalue weighted by molar-refractivity contribution is 5.77. The maximum absolute atomic E-state index is 11.4. The number of hydrogen-bond acceptors (Lipinski definition) is 3. The van der Waals surface area contributed by atoms with Crippen molar-refractivity contribution in [3.8, 4) is 0 Å². The summed E-state index contributed by atoms with van der Waals surface area (Å²) in [6.45, 7) is 5.27. The minimum Gasteiger partial charge on any atom is -0.372 e. The average Bonchev–Trinajstić information content (AvgIpc) is 2.72. The van der Waals surface area contributed by atoms with Gasteiger partial charge in [0.15, 0.2) is 0 Å². The molecule has 0 saturated carbocycles. The molecule has 0 spiro atoms. The second kappa shape index (κ2) is 7.84. The van der Waals surface area contributed by atoms with E-state index >= 15 is 0 Å². The van der Waals surface area contributed by atoms with E-state index in [2.05, 4.69) is 22.2 Å². The van der Waals surface area contributed by atoms with E-state index in [1.807, 2.05) is 6.92 Å². The Morgan fingerprint density at radius 2 is 2.35 bits per heavy atom.